The number of amides is 1. The SMILES string of the molecule is O=C(NCc1ccc2c(c1)CN(c1[c-]c(=O)c1=O)CC2)c1ccc[nH]c1=O.[Mn]. The largest absolute Gasteiger partial charge is 0.385 e. The summed E-state index contributed by atoms with van der Waals surface area (Å²) in [6.07, 6.45) is 2.25. The van der Waals surface area contributed by atoms with Gasteiger partial charge in [-0.2, -0.15) is 0 Å². The number of carbonyl (C=O) groups is 1. The fourth-order valence-corrected chi connectivity index (χ4v) is 3.28. The summed E-state index contributed by atoms with van der Waals surface area (Å²) >= 11 is 0. The number of pyridine rings is 1. The number of rotatable bonds is 4. The second-order valence-electron chi connectivity index (χ2n) is 6.50. The third-order valence-electron chi connectivity index (χ3n) is 4.77. The Kier molecular flexibility index (Phi) is 5.63. The monoisotopic (exact) mass is 417 g/mol. The first-order valence-electron chi connectivity index (χ1n) is 8.57. The molecule has 0 saturated heterocycles. The second-order valence-corrected chi connectivity index (χ2v) is 6.50. The maximum atomic E-state index is 12.2. The molecule has 0 fully saturated rings. The number of aromatic amines is 1. The van der Waals surface area contributed by atoms with Gasteiger partial charge in [0.1, 0.15) is 16.4 Å². The maximum absolute atomic E-state index is 12.2. The van der Waals surface area contributed by atoms with Crippen molar-refractivity contribution in [3.05, 3.63) is 95.6 Å². The predicted octanol–water partition coefficient (Wildman–Crippen LogP) is 0.261. The number of hydrogen-bond acceptors (Lipinski definition) is 5. The molecule has 2 N–H and O–H groups in total. The van der Waals surface area contributed by atoms with Crippen LogP contribution in [0, 0.1) is 6.07 Å². The third kappa shape index (κ3) is 3.69. The molecule has 1 radical (unpaired) electrons. The Morgan fingerprint density at radius 3 is 2.71 bits per heavy atom. The summed E-state index contributed by atoms with van der Waals surface area (Å²) in [6.45, 7) is 1.48. The van der Waals surface area contributed by atoms with Gasteiger partial charge in [0.2, 0.25) is 0 Å². The van der Waals surface area contributed by atoms with Gasteiger partial charge in [-0.3, -0.25) is 9.59 Å². The molecule has 0 spiro atoms. The minimum atomic E-state index is -0.567. The van der Waals surface area contributed by atoms with Gasteiger partial charge in [-0.1, -0.05) is 18.2 Å². The predicted molar refractivity (Wildman–Crippen MR) is 99.6 cm³/mol. The van der Waals surface area contributed by atoms with E-state index in [0.29, 0.717) is 18.8 Å². The van der Waals surface area contributed by atoms with Crippen molar-refractivity contribution in [2.24, 2.45) is 0 Å². The van der Waals surface area contributed by atoms with Crippen LogP contribution in [0.1, 0.15) is 27.0 Å². The van der Waals surface area contributed by atoms with Crippen LogP contribution in [0.3, 0.4) is 0 Å². The number of fused-ring (bicyclic) bond motifs is 1. The molecule has 1 aromatic heterocycles. The summed E-state index contributed by atoms with van der Waals surface area (Å²) in [6, 6.07) is 11.5. The Bertz CT molecular complexity index is 1160. The van der Waals surface area contributed by atoms with Crippen LogP contribution in [0.4, 0.5) is 5.69 Å². The van der Waals surface area contributed by atoms with Crippen molar-refractivity contribution in [1.82, 2.24) is 10.3 Å². The zero-order valence-corrected chi connectivity index (χ0v) is 15.9. The number of carbonyl (C=O) groups excluding carboxylic acids is 1. The van der Waals surface area contributed by atoms with Crippen molar-refractivity contribution in [1.29, 1.82) is 0 Å². The first-order valence-corrected chi connectivity index (χ1v) is 8.57. The second kappa shape index (κ2) is 7.96. The maximum Gasteiger partial charge on any atom is 0.260 e. The van der Waals surface area contributed by atoms with Crippen molar-refractivity contribution in [3.63, 3.8) is 0 Å². The van der Waals surface area contributed by atoms with Crippen molar-refractivity contribution >= 4 is 11.6 Å². The number of hydrogen-bond donors (Lipinski definition) is 2. The van der Waals surface area contributed by atoms with Crippen molar-refractivity contribution in [2.75, 3.05) is 11.4 Å². The van der Waals surface area contributed by atoms with Gasteiger partial charge >= 0.3 is 0 Å². The Morgan fingerprint density at radius 2 is 2.00 bits per heavy atom. The molecule has 1 amide bonds. The van der Waals surface area contributed by atoms with Crippen LogP contribution in [0.5, 0.6) is 0 Å². The number of benzene rings is 1. The molecule has 0 saturated carbocycles. The van der Waals surface area contributed by atoms with Gasteiger partial charge < -0.3 is 24.8 Å². The van der Waals surface area contributed by atoms with Gasteiger partial charge in [-0.25, -0.2) is 0 Å². The van der Waals surface area contributed by atoms with E-state index in [-0.39, 0.29) is 29.2 Å². The minimum Gasteiger partial charge on any atom is -0.385 e. The molecule has 7 nitrogen and oxygen atoms in total. The van der Waals surface area contributed by atoms with Crippen LogP contribution < -0.4 is 26.6 Å². The molecule has 143 valence electrons. The van der Waals surface area contributed by atoms with Gasteiger partial charge in [0.05, 0.1) is 0 Å². The van der Waals surface area contributed by atoms with E-state index in [0.717, 1.165) is 17.5 Å². The summed E-state index contributed by atoms with van der Waals surface area (Å²) in [5.41, 5.74) is 2.07. The molecule has 4 rings (SSSR count). The number of nitrogens with zero attached hydrogens (tertiary/aromatic N) is 1. The van der Waals surface area contributed by atoms with Gasteiger partial charge in [-0.15, -0.1) is 6.07 Å². The molecule has 2 heterocycles. The van der Waals surface area contributed by atoms with Gasteiger partial charge in [0.15, 0.2) is 0 Å². The number of anilines is 1. The Balaban J connectivity index is 0.00000225. The summed E-state index contributed by atoms with van der Waals surface area (Å²) in [5.74, 6) is -0.436. The molecule has 0 bridgehead atoms. The first-order chi connectivity index (χ1) is 13.0. The first kappa shape index (κ1) is 19.8. The normalized spacial score (nSPS) is 12.9. The third-order valence-corrected chi connectivity index (χ3v) is 4.77. The fraction of sp³-hybridized carbons (Fsp3) is 0.200. The van der Waals surface area contributed by atoms with Gasteiger partial charge in [-0.05, 0) is 40.9 Å². The molecule has 1 aliphatic heterocycles. The standard InChI is InChI=1S/C20H16N3O4.Mn/c24-17-9-16(18(17)25)23-7-5-13-4-3-12(8-14(13)11-23)10-22-20(27)15-2-1-6-21-19(15)26;/h1-4,6,8H,5,7,10-11H2,(H,21,26)(H,22,27);/q-1;. The van der Waals surface area contributed by atoms with E-state index in [4.69, 9.17) is 0 Å². The molecule has 8 heteroatoms. The Hall–Kier alpha value is -2.96. The quantitative estimate of drug-likeness (QED) is 0.361. The number of aromatic nitrogens is 1. The van der Waals surface area contributed by atoms with Crippen LogP contribution in [-0.2, 0) is 36.6 Å². The molecular formula is C20H16MnN3O4-. The van der Waals surface area contributed by atoms with Crippen molar-refractivity contribution in [2.45, 2.75) is 19.5 Å². The molecule has 1 aliphatic rings. The summed E-state index contributed by atoms with van der Waals surface area (Å²) in [7, 11) is 0. The smallest absolute Gasteiger partial charge is 0.260 e. The van der Waals surface area contributed by atoms with Gasteiger partial charge in [0.25, 0.3) is 11.5 Å². The van der Waals surface area contributed by atoms with E-state index in [2.05, 4.69) is 16.4 Å². The van der Waals surface area contributed by atoms with Crippen LogP contribution in [0.25, 0.3) is 0 Å². The van der Waals surface area contributed by atoms with E-state index >= 15 is 0 Å². The van der Waals surface area contributed by atoms with Crippen molar-refractivity contribution in [3.8, 4) is 0 Å². The molecule has 2 aromatic carbocycles. The van der Waals surface area contributed by atoms with E-state index in [1.807, 2.05) is 23.1 Å². The van der Waals surface area contributed by atoms with Crippen LogP contribution in [-0.4, -0.2) is 17.4 Å². The summed E-state index contributed by atoms with van der Waals surface area (Å²) < 4.78 is 0. The van der Waals surface area contributed by atoms with Crippen LogP contribution >= 0.6 is 0 Å². The van der Waals surface area contributed by atoms with E-state index in [9.17, 15) is 19.2 Å². The average Bonchev–Trinajstić information content (AvgIpc) is 2.69. The zero-order valence-electron chi connectivity index (χ0n) is 14.8. The van der Waals surface area contributed by atoms with Gasteiger partial charge in [0, 0.05) is 42.9 Å². The summed E-state index contributed by atoms with van der Waals surface area (Å²) in [5, 5.41) is 2.74. The summed E-state index contributed by atoms with van der Waals surface area (Å²) in [4.78, 5) is 50.9. The minimum absolute atomic E-state index is 0. The number of H-pyrrole nitrogens is 1. The fourth-order valence-electron chi connectivity index (χ4n) is 3.28. The van der Waals surface area contributed by atoms with Crippen molar-refractivity contribution < 1.29 is 21.9 Å². The van der Waals surface area contributed by atoms with E-state index in [1.54, 1.807) is 6.07 Å². The zero-order chi connectivity index (χ0) is 19.0. The molecule has 0 unspecified atom stereocenters. The molecule has 0 aliphatic carbocycles. The molecule has 0 atom stereocenters. The molecule has 3 aromatic rings. The Labute approximate surface area is 170 Å². The molecule has 28 heavy (non-hydrogen) atoms. The average molecular weight is 417 g/mol. The topological polar surface area (TPSA) is 99.3 Å². The Morgan fingerprint density at radius 1 is 1.18 bits per heavy atom. The van der Waals surface area contributed by atoms with E-state index < -0.39 is 22.3 Å². The molecular weight excluding hydrogens is 401 g/mol. The van der Waals surface area contributed by atoms with Crippen LogP contribution in [0.15, 0.2) is 50.9 Å². The van der Waals surface area contributed by atoms with Crippen LogP contribution in [0.2, 0.25) is 0 Å². The number of nitrogens with one attached hydrogen (secondary N) is 2. The van der Waals surface area contributed by atoms with E-state index in [1.165, 1.54) is 17.8 Å².